The molecule has 2 aromatic rings. The molecule has 2 amide bonds. The fourth-order valence-electron chi connectivity index (χ4n) is 4.03. The van der Waals surface area contributed by atoms with Crippen LogP contribution in [0.5, 0.6) is 0 Å². The van der Waals surface area contributed by atoms with Gasteiger partial charge in [-0.2, -0.15) is 0 Å². The maximum absolute atomic E-state index is 12.2. The first-order chi connectivity index (χ1) is 13.9. The Labute approximate surface area is 172 Å². The highest BCUT2D eigenvalue weighted by Gasteiger charge is 2.21. The number of likely N-dealkylation sites (tertiary alicyclic amines) is 1. The van der Waals surface area contributed by atoms with E-state index in [1.165, 1.54) is 18.2 Å². The maximum Gasteiger partial charge on any atom is 0.287 e. The fourth-order valence-corrected chi connectivity index (χ4v) is 4.03. The largest absolute Gasteiger partial charge is 0.459 e. The van der Waals surface area contributed by atoms with Crippen molar-refractivity contribution in [3.05, 3.63) is 59.5 Å². The van der Waals surface area contributed by atoms with Gasteiger partial charge in [-0.05, 0) is 48.4 Å². The molecule has 156 valence electrons. The zero-order valence-electron chi connectivity index (χ0n) is 17.5. The van der Waals surface area contributed by atoms with Crippen LogP contribution in [0.25, 0.3) is 0 Å². The number of carbonyl (C=O) groups excluding carboxylic acids is 2. The lowest BCUT2D eigenvalue weighted by molar-refractivity contribution is -0.122. The van der Waals surface area contributed by atoms with Crippen LogP contribution < -0.4 is 10.6 Å². The first-order valence-corrected chi connectivity index (χ1v) is 10.3. The molecule has 0 aliphatic carbocycles. The van der Waals surface area contributed by atoms with Crippen LogP contribution in [-0.2, 0) is 17.9 Å². The number of furan rings is 1. The number of amides is 2. The van der Waals surface area contributed by atoms with Crippen LogP contribution in [0.4, 0.5) is 0 Å². The highest BCUT2D eigenvalue weighted by molar-refractivity contribution is 5.95. The van der Waals surface area contributed by atoms with Gasteiger partial charge in [0.25, 0.3) is 5.91 Å². The summed E-state index contributed by atoms with van der Waals surface area (Å²) in [5, 5.41) is 5.50. The van der Waals surface area contributed by atoms with Crippen LogP contribution >= 0.6 is 0 Å². The van der Waals surface area contributed by atoms with Crippen molar-refractivity contribution >= 4 is 11.8 Å². The van der Waals surface area contributed by atoms with Gasteiger partial charge in [0.1, 0.15) is 6.04 Å². The predicted octanol–water partition coefficient (Wildman–Crippen LogP) is 3.19. The monoisotopic (exact) mass is 397 g/mol. The zero-order valence-corrected chi connectivity index (χ0v) is 17.5. The molecule has 0 saturated carbocycles. The van der Waals surface area contributed by atoms with Crippen LogP contribution in [0, 0.1) is 11.8 Å². The zero-order chi connectivity index (χ0) is 20.8. The number of hydrogen-bond donors (Lipinski definition) is 2. The second-order valence-electron chi connectivity index (χ2n) is 8.35. The summed E-state index contributed by atoms with van der Waals surface area (Å²) in [6, 6.07) is 10.9. The molecule has 6 nitrogen and oxygen atoms in total. The van der Waals surface area contributed by atoms with Gasteiger partial charge in [0, 0.05) is 26.2 Å². The Morgan fingerprint density at radius 3 is 2.38 bits per heavy atom. The van der Waals surface area contributed by atoms with Crippen LogP contribution in [0.3, 0.4) is 0 Å². The average Bonchev–Trinajstić information content (AvgIpc) is 3.21. The lowest BCUT2D eigenvalue weighted by atomic mass is 9.91. The summed E-state index contributed by atoms with van der Waals surface area (Å²) in [7, 11) is 0. The van der Waals surface area contributed by atoms with E-state index in [0.717, 1.165) is 37.0 Å². The maximum atomic E-state index is 12.2. The molecule has 2 heterocycles. The minimum Gasteiger partial charge on any atom is -0.459 e. The molecule has 0 radical (unpaired) electrons. The van der Waals surface area contributed by atoms with Gasteiger partial charge in [-0.1, -0.05) is 38.1 Å². The first kappa shape index (κ1) is 21.1. The molecule has 29 heavy (non-hydrogen) atoms. The Bertz CT molecular complexity index is 791. The number of carbonyl (C=O) groups is 2. The Balaban J connectivity index is 1.44. The van der Waals surface area contributed by atoms with Gasteiger partial charge in [-0.25, -0.2) is 0 Å². The van der Waals surface area contributed by atoms with Gasteiger partial charge in [-0.3, -0.25) is 14.5 Å². The number of nitrogens with zero attached hydrogens (tertiary/aromatic N) is 1. The molecule has 1 aromatic heterocycles. The summed E-state index contributed by atoms with van der Waals surface area (Å²) < 4.78 is 5.04. The van der Waals surface area contributed by atoms with E-state index in [9.17, 15) is 9.59 Å². The average molecular weight is 398 g/mol. The van der Waals surface area contributed by atoms with Crippen molar-refractivity contribution in [1.29, 1.82) is 0 Å². The van der Waals surface area contributed by atoms with Gasteiger partial charge in [0.15, 0.2) is 5.76 Å². The number of hydrogen-bond acceptors (Lipinski definition) is 4. The molecular formula is C23H31N3O3. The lowest BCUT2D eigenvalue weighted by Gasteiger charge is -2.35. The molecule has 3 atom stereocenters. The van der Waals surface area contributed by atoms with Crippen molar-refractivity contribution < 1.29 is 14.0 Å². The molecule has 0 bridgehead atoms. The first-order valence-electron chi connectivity index (χ1n) is 10.3. The highest BCUT2D eigenvalue weighted by atomic mass is 16.3. The molecule has 1 aromatic carbocycles. The minimum absolute atomic E-state index is 0.192. The smallest absolute Gasteiger partial charge is 0.287 e. The van der Waals surface area contributed by atoms with Gasteiger partial charge in [-0.15, -0.1) is 0 Å². The summed E-state index contributed by atoms with van der Waals surface area (Å²) in [6.45, 7) is 10.0. The molecular weight excluding hydrogens is 366 g/mol. The van der Waals surface area contributed by atoms with E-state index in [1.54, 1.807) is 19.1 Å². The van der Waals surface area contributed by atoms with Gasteiger partial charge in [0.2, 0.25) is 5.91 Å². The molecule has 1 aliphatic rings. The number of rotatable bonds is 7. The number of piperidine rings is 1. The SMILES string of the molecule is CC1CC(C)CN(Cc2ccc(CNC(=O)C(C)NC(=O)c3ccco3)cc2)C1. The fraction of sp³-hybridized carbons (Fsp3) is 0.478. The van der Waals surface area contributed by atoms with Crippen LogP contribution in [0.2, 0.25) is 0 Å². The van der Waals surface area contributed by atoms with Crippen LogP contribution in [0.1, 0.15) is 48.9 Å². The van der Waals surface area contributed by atoms with Crippen LogP contribution in [0.15, 0.2) is 47.1 Å². The Morgan fingerprint density at radius 2 is 1.76 bits per heavy atom. The Morgan fingerprint density at radius 1 is 1.10 bits per heavy atom. The van der Waals surface area contributed by atoms with Crippen molar-refractivity contribution in [3.63, 3.8) is 0 Å². The second-order valence-corrected chi connectivity index (χ2v) is 8.35. The third kappa shape index (κ3) is 6.19. The van der Waals surface area contributed by atoms with E-state index in [1.807, 2.05) is 0 Å². The predicted molar refractivity (Wildman–Crippen MR) is 112 cm³/mol. The standard InChI is InChI=1S/C23H31N3O3/c1-16-11-17(2)14-26(13-16)15-20-8-6-19(7-9-20)12-24-22(27)18(3)25-23(28)21-5-4-10-29-21/h4-10,16-18H,11-15H2,1-3H3,(H,24,27)(H,25,28). The minimum atomic E-state index is -0.644. The van der Waals surface area contributed by atoms with Crippen LogP contribution in [-0.4, -0.2) is 35.8 Å². The van der Waals surface area contributed by atoms with E-state index < -0.39 is 11.9 Å². The molecule has 6 heteroatoms. The molecule has 1 saturated heterocycles. The summed E-state index contributed by atoms with van der Waals surface area (Å²) in [4.78, 5) is 26.7. The van der Waals surface area contributed by atoms with Gasteiger partial charge in [0.05, 0.1) is 6.26 Å². The third-order valence-corrected chi connectivity index (χ3v) is 5.33. The molecule has 2 N–H and O–H groups in total. The van der Waals surface area contributed by atoms with Crippen molar-refractivity contribution in [2.45, 2.75) is 46.3 Å². The summed E-state index contributed by atoms with van der Waals surface area (Å²) >= 11 is 0. The summed E-state index contributed by atoms with van der Waals surface area (Å²) in [5.74, 6) is 1.07. The topological polar surface area (TPSA) is 74.6 Å². The van der Waals surface area contributed by atoms with Crippen molar-refractivity contribution in [2.75, 3.05) is 13.1 Å². The Hall–Kier alpha value is -2.60. The van der Waals surface area contributed by atoms with Gasteiger partial charge >= 0.3 is 0 Å². The van der Waals surface area contributed by atoms with Crippen molar-refractivity contribution in [3.8, 4) is 0 Å². The Kier molecular flexibility index (Phi) is 7.09. The molecule has 3 unspecified atom stereocenters. The van der Waals surface area contributed by atoms with E-state index in [-0.39, 0.29) is 11.7 Å². The summed E-state index contributed by atoms with van der Waals surface area (Å²) in [6.07, 6.45) is 2.74. The van der Waals surface area contributed by atoms with Crippen molar-refractivity contribution in [1.82, 2.24) is 15.5 Å². The van der Waals surface area contributed by atoms with Crippen molar-refractivity contribution in [2.24, 2.45) is 11.8 Å². The number of benzene rings is 1. The highest BCUT2D eigenvalue weighted by Crippen LogP contribution is 2.22. The number of nitrogens with one attached hydrogen (secondary N) is 2. The summed E-state index contributed by atoms with van der Waals surface area (Å²) in [5.41, 5.74) is 2.33. The van der Waals surface area contributed by atoms with E-state index in [2.05, 4.69) is 53.6 Å². The molecule has 0 spiro atoms. The quantitative estimate of drug-likeness (QED) is 0.752. The normalized spacial score (nSPS) is 20.8. The third-order valence-electron chi connectivity index (χ3n) is 5.33. The second kappa shape index (κ2) is 9.74. The van der Waals surface area contributed by atoms with Gasteiger partial charge < -0.3 is 15.1 Å². The molecule has 1 aliphatic heterocycles. The van der Waals surface area contributed by atoms with E-state index in [0.29, 0.717) is 6.54 Å². The molecule has 1 fully saturated rings. The van der Waals surface area contributed by atoms with E-state index >= 15 is 0 Å². The molecule has 3 rings (SSSR count). The lowest BCUT2D eigenvalue weighted by Crippen LogP contribution is -2.44. The van der Waals surface area contributed by atoms with E-state index in [4.69, 9.17) is 4.42 Å².